The maximum absolute atomic E-state index is 12.6. The second-order valence-electron chi connectivity index (χ2n) is 4.07. The lowest BCUT2D eigenvalue weighted by Crippen LogP contribution is -1.94. The minimum absolute atomic E-state index is 0.158. The Morgan fingerprint density at radius 2 is 1.65 bits per heavy atom. The lowest BCUT2D eigenvalue weighted by molar-refractivity contribution is -0.0587. The van der Waals surface area contributed by atoms with E-state index >= 15 is 0 Å². The Kier molecular flexibility index (Phi) is 5.52. The summed E-state index contributed by atoms with van der Waals surface area (Å²) < 4.78 is 42.4. The predicted molar refractivity (Wildman–Crippen MR) is 73.0 cm³/mol. The van der Waals surface area contributed by atoms with Gasteiger partial charge in [0.25, 0.3) is 5.75 Å². The molecule has 0 atom stereocenters. The van der Waals surface area contributed by atoms with Crippen molar-refractivity contribution in [3.8, 4) is 35.0 Å². The summed E-state index contributed by atoms with van der Waals surface area (Å²) in [5, 5.41) is 0. The molecular weight excluding hydrogens is 315 g/mol. The van der Waals surface area contributed by atoms with Crippen molar-refractivity contribution in [2.24, 2.45) is 0 Å². The van der Waals surface area contributed by atoms with E-state index in [2.05, 4.69) is 31.6 Å². The Morgan fingerprint density at radius 1 is 0.957 bits per heavy atom. The van der Waals surface area contributed by atoms with Crippen LogP contribution in [0.2, 0.25) is 0 Å². The molecule has 0 aliphatic carbocycles. The molecular formula is C15H10F3NO4. The largest absolute Gasteiger partial charge is 0.494 e. The van der Waals surface area contributed by atoms with E-state index in [1.165, 1.54) is 0 Å². The molecule has 0 unspecified atom stereocenters. The van der Waals surface area contributed by atoms with Gasteiger partial charge in [0.2, 0.25) is 5.75 Å². The van der Waals surface area contributed by atoms with Crippen molar-refractivity contribution < 1.29 is 33.1 Å². The smallest absolute Gasteiger partial charge is 0.313 e. The number of halogens is 3. The average Bonchev–Trinajstić information content (AvgIpc) is 2.60. The van der Waals surface area contributed by atoms with Crippen LogP contribution in [-0.2, 0) is 0 Å². The van der Waals surface area contributed by atoms with Crippen molar-refractivity contribution >= 4 is 0 Å². The van der Waals surface area contributed by atoms with Crippen LogP contribution in [0.15, 0.2) is 30.5 Å². The highest BCUT2D eigenvalue weighted by Gasteiger charge is 2.22. The first-order valence-electron chi connectivity index (χ1n) is 6.37. The van der Waals surface area contributed by atoms with Crippen LogP contribution in [0.25, 0.3) is 0 Å². The van der Waals surface area contributed by atoms with Crippen LogP contribution >= 0.6 is 0 Å². The van der Waals surface area contributed by atoms with Crippen LogP contribution in [0.5, 0.6) is 23.1 Å². The average molecular weight is 325 g/mol. The molecule has 0 aliphatic rings. The molecule has 0 bridgehead atoms. The third-order valence-corrected chi connectivity index (χ3v) is 2.69. The molecule has 2 aromatic rings. The number of benzene rings is 1. The van der Waals surface area contributed by atoms with E-state index in [0.717, 1.165) is 6.20 Å². The summed E-state index contributed by atoms with van der Waals surface area (Å²) in [5.74, 6) is 3.18. The minimum atomic E-state index is -0.992. The minimum Gasteiger partial charge on any atom is -0.494 e. The van der Waals surface area contributed by atoms with Gasteiger partial charge in [-0.25, -0.2) is 4.98 Å². The van der Waals surface area contributed by atoms with Crippen molar-refractivity contribution in [2.45, 2.75) is 6.92 Å². The third-order valence-electron chi connectivity index (χ3n) is 2.69. The van der Waals surface area contributed by atoms with Crippen molar-refractivity contribution in [2.75, 3.05) is 6.61 Å². The first-order chi connectivity index (χ1) is 11.2. The van der Waals surface area contributed by atoms with E-state index in [4.69, 9.17) is 4.74 Å². The molecule has 0 amide bonds. The molecule has 0 radical (unpaired) electrons. The normalized spacial score (nSPS) is 9.57. The van der Waals surface area contributed by atoms with E-state index in [-0.39, 0.29) is 5.56 Å². The van der Waals surface area contributed by atoms with Crippen LogP contribution < -0.4 is 19.6 Å². The highest BCUT2D eigenvalue weighted by Crippen LogP contribution is 2.38. The summed E-state index contributed by atoms with van der Waals surface area (Å²) in [7, 11) is 0. The molecule has 1 aromatic heterocycles. The van der Waals surface area contributed by atoms with Crippen LogP contribution in [0.1, 0.15) is 18.1 Å². The molecule has 1 aromatic carbocycles. The highest BCUT2D eigenvalue weighted by molar-refractivity contribution is 5.58. The highest BCUT2D eigenvalue weighted by atomic mass is 19.3. The van der Waals surface area contributed by atoms with Gasteiger partial charge in [-0.1, -0.05) is 11.8 Å². The van der Waals surface area contributed by atoms with E-state index in [0.29, 0.717) is 17.9 Å². The summed E-state index contributed by atoms with van der Waals surface area (Å²) >= 11 is 0. The number of aromatic nitrogens is 1. The Labute approximate surface area is 129 Å². The first-order valence-corrected chi connectivity index (χ1v) is 6.37. The van der Waals surface area contributed by atoms with Gasteiger partial charge in [-0.2, -0.15) is 0 Å². The fourth-order valence-electron chi connectivity index (χ4n) is 1.69. The SMILES string of the molecule is CCOc1ccc(C#Cc2cnc(OF)c(OF)c2OF)cc1. The molecule has 23 heavy (non-hydrogen) atoms. The zero-order chi connectivity index (χ0) is 16.7. The second kappa shape index (κ2) is 7.79. The standard InChI is InChI=1S/C15H10F3NO4/c1-2-20-12-7-4-10(5-8-12)3-6-11-9-19-15(23-18)14(22-17)13(11)21-16/h4-5,7-9H,2H2,1H3. The van der Waals surface area contributed by atoms with Crippen LogP contribution in [0.3, 0.4) is 0 Å². The summed E-state index contributed by atoms with van der Waals surface area (Å²) in [6.07, 6.45) is 0.952. The quantitative estimate of drug-likeness (QED) is 0.785. The number of nitrogens with zero attached hydrogens (tertiary/aromatic N) is 1. The summed E-state index contributed by atoms with van der Waals surface area (Å²) in [4.78, 5) is 13.4. The molecule has 1 heterocycles. The fraction of sp³-hybridized carbons (Fsp3) is 0.133. The van der Waals surface area contributed by atoms with Gasteiger partial charge in [0, 0.05) is 19.1 Å². The molecule has 0 spiro atoms. The fourth-order valence-corrected chi connectivity index (χ4v) is 1.69. The van der Waals surface area contributed by atoms with Crippen LogP contribution in [-0.4, -0.2) is 11.6 Å². The Balaban J connectivity index is 2.33. The first kappa shape index (κ1) is 16.3. The second-order valence-corrected chi connectivity index (χ2v) is 4.07. The zero-order valence-electron chi connectivity index (χ0n) is 11.8. The maximum Gasteiger partial charge on any atom is 0.313 e. The number of hydrogen-bond acceptors (Lipinski definition) is 5. The molecule has 0 fully saturated rings. The number of hydrogen-bond donors (Lipinski definition) is 0. The van der Waals surface area contributed by atoms with Crippen molar-refractivity contribution in [3.63, 3.8) is 0 Å². The van der Waals surface area contributed by atoms with Crippen molar-refractivity contribution in [1.82, 2.24) is 4.98 Å². The molecule has 120 valence electrons. The summed E-state index contributed by atoms with van der Waals surface area (Å²) in [5.41, 5.74) is 0.418. The van der Waals surface area contributed by atoms with E-state index in [1.807, 2.05) is 6.92 Å². The van der Waals surface area contributed by atoms with Gasteiger partial charge < -0.3 is 4.74 Å². The summed E-state index contributed by atoms with van der Waals surface area (Å²) in [6, 6.07) is 6.75. The van der Waals surface area contributed by atoms with Crippen LogP contribution in [0.4, 0.5) is 13.6 Å². The van der Waals surface area contributed by atoms with E-state index < -0.39 is 17.4 Å². The molecule has 5 nitrogen and oxygen atoms in total. The van der Waals surface area contributed by atoms with E-state index in [9.17, 15) is 13.6 Å². The van der Waals surface area contributed by atoms with Gasteiger partial charge in [-0.05, 0) is 31.2 Å². The number of rotatable bonds is 5. The molecule has 2 rings (SSSR count). The van der Waals surface area contributed by atoms with Crippen molar-refractivity contribution in [1.29, 1.82) is 0 Å². The molecule has 0 aliphatic heterocycles. The third kappa shape index (κ3) is 3.77. The molecule has 0 N–H and O–H groups in total. The van der Waals surface area contributed by atoms with Crippen LogP contribution in [0, 0.1) is 11.8 Å². The predicted octanol–water partition coefficient (Wildman–Crippen LogP) is 3.67. The lowest BCUT2D eigenvalue weighted by atomic mass is 10.2. The van der Waals surface area contributed by atoms with Gasteiger partial charge in [0.1, 0.15) is 5.75 Å². The molecule has 8 heteroatoms. The Morgan fingerprint density at radius 3 is 2.22 bits per heavy atom. The van der Waals surface area contributed by atoms with Gasteiger partial charge in [0.15, 0.2) is 0 Å². The monoisotopic (exact) mass is 325 g/mol. The molecule has 0 saturated heterocycles. The lowest BCUT2D eigenvalue weighted by Gasteiger charge is -2.04. The molecule has 0 saturated carbocycles. The maximum atomic E-state index is 12.6. The zero-order valence-corrected chi connectivity index (χ0v) is 11.8. The van der Waals surface area contributed by atoms with Crippen molar-refractivity contribution in [3.05, 3.63) is 41.6 Å². The van der Waals surface area contributed by atoms with Gasteiger partial charge in [-0.15, -0.1) is 0 Å². The number of ether oxygens (including phenoxy) is 1. The number of pyridine rings is 1. The van der Waals surface area contributed by atoms with Gasteiger partial charge in [0.05, 0.1) is 18.4 Å². The Bertz CT molecular complexity index is 726. The Hall–Kier alpha value is -3.08. The topological polar surface area (TPSA) is 49.8 Å². The summed E-state index contributed by atoms with van der Waals surface area (Å²) in [6.45, 7) is 2.39. The van der Waals surface area contributed by atoms with E-state index in [1.54, 1.807) is 24.3 Å². The van der Waals surface area contributed by atoms with Gasteiger partial charge in [-0.3, -0.25) is 14.8 Å². The van der Waals surface area contributed by atoms with Gasteiger partial charge >= 0.3 is 5.88 Å².